The first kappa shape index (κ1) is 29.1. The fourth-order valence-electron chi connectivity index (χ4n) is 7.44. The smallest absolute Gasteiger partial charge is 0.160 e. The van der Waals surface area contributed by atoms with Gasteiger partial charge in [-0.05, 0) is 87.6 Å². The fraction of sp³-hybridized carbons (Fsp3) is 0. The van der Waals surface area contributed by atoms with E-state index in [-0.39, 0.29) is 0 Å². The van der Waals surface area contributed by atoms with Crippen LogP contribution in [-0.2, 0) is 0 Å². The Morgan fingerprint density at radius 3 is 1.53 bits per heavy atom. The first-order chi connectivity index (χ1) is 25.3. The minimum absolute atomic E-state index is 0.706. The van der Waals surface area contributed by atoms with Crippen molar-refractivity contribution in [2.24, 2.45) is 0 Å². The molecule has 0 aliphatic rings. The average Bonchev–Trinajstić information content (AvgIpc) is 3.52. The Hall–Kier alpha value is -6.84. The summed E-state index contributed by atoms with van der Waals surface area (Å²) in [5, 5.41) is 5.98. The molecule has 0 amide bonds. The number of nitrogens with zero attached hydrogens (tertiary/aromatic N) is 3. The molecule has 51 heavy (non-hydrogen) atoms. The molecule has 2 aromatic heterocycles. The van der Waals surface area contributed by atoms with Crippen LogP contribution in [0.2, 0.25) is 0 Å². The second-order valence-corrected chi connectivity index (χ2v) is 13.1. The van der Waals surface area contributed by atoms with Gasteiger partial charge in [0, 0.05) is 33.0 Å². The van der Waals surface area contributed by atoms with Gasteiger partial charge >= 0.3 is 0 Å². The Balaban J connectivity index is 1.15. The molecule has 0 N–H and O–H groups in total. The van der Waals surface area contributed by atoms with E-state index >= 15 is 0 Å². The molecule has 3 nitrogen and oxygen atoms in total. The van der Waals surface area contributed by atoms with Crippen LogP contribution in [0.3, 0.4) is 0 Å². The maximum absolute atomic E-state index is 5.20. The van der Waals surface area contributed by atoms with Gasteiger partial charge in [-0.15, -0.1) is 0 Å². The van der Waals surface area contributed by atoms with Crippen molar-refractivity contribution in [2.45, 2.75) is 0 Å². The van der Waals surface area contributed by atoms with Gasteiger partial charge in [-0.1, -0.05) is 133 Å². The van der Waals surface area contributed by atoms with Crippen LogP contribution < -0.4 is 0 Å². The second-order valence-electron chi connectivity index (χ2n) is 13.1. The van der Waals surface area contributed by atoms with E-state index in [1.165, 1.54) is 49.3 Å². The quantitative estimate of drug-likeness (QED) is 0.186. The predicted molar refractivity (Wildman–Crippen MR) is 213 cm³/mol. The molecule has 0 atom stereocenters. The molecule has 0 saturated heterocycles. The van der Waals surface area contributed by atoms with Gasteiger partial charge in [0.15, 0.2) is 5.82 Å². The number of hydrogen-bond acceptors (Lipinski definition) is 2. The van der Waals surface area contributed by atoms with Crippen LogP contribution in [0.25, 0.3) is 94.1 Å². The first-order valence-electron chi connectivity index (χ1n) is 17.3. The Labute approximate surface area is 295 Å². The summed E-state index contributed by atoms with van der Waals surface area (Å²) in [6, 6.07) is 66.8. The summed E-state index contributed by atoms with van der Waals surface area (Å²) in [7, 11) is 0. The van der Waals surface area contributed by atoms with Crippen molar-refractivity contribution in [1.29, 1.82) is 0 Å². The number of rotatable bonds is 5. The normalized spacial score (nSPS) is 11.5. The molecule has 2 heterocycles. The molecule has 8 aromatic carbocycles. The van der Waals surface area contributed by atoms with Gasteiger partial charge in [0.25, 0.3) is 0 Å². The van der Waals surface area contributed by atoms with Crippen molar-refractivity contribution >= 4 is 43.5 Å². The van der Waals surface area contributed by atoms with E-state index < -0.39 is 0 Å². The Bertz CT molecular complexity index is 2870. The SMILES string of the molecule is c1ccc(-c2ccc3c(-c4ccccc4)nc(-c4ccc(-n5c6cc(-c7ccccc7)ccc6c6cc7ccccc7cc65)cc4)nc3c2)cc1. The molecule has 0 unspecified atom stereocenters. The molecule has 0 aliphatic heterocycles. The van der Waals surface area contributed by atoms with Gasteiger partial charge in [-0.2, -0.15) is 0 Å². The van der Waals surface area contributed by atoms with Crippen molar-refractivity contribution in [2.75, 3.05) is 0 Å². The van der Waals surface area contributed by atoms with E-state index in [2.05, 4.69) is 180 Å². The average molecular weight is 650 g/mol. The van der Waals surface area contributed by atoms with Gasteiger partial charge in [0.05, 0.1) is 22.2 Å². The Morgan fingerprint density at radius 1 is 0.333 bits per heavy atom. The number of aromatic nitrogens is 3. The van der Waals surface area contributed by atoms with E-state index in [0.717, 1.165) is 39.0 Å². The van der Waals surface area contributed by atoms with Gasteiger partial charge in [0.2, 0.25) is 0 Å². The maximum atomic E-state index is 5.20. The third-order valence-corrected chi connectivity index (χ3v) is 9.98. The zero-order chi connectivity index (χ0) is 33.7. The van der Waals surface area contributed by atoms with Crippen molar-refractivity contribution < 1.29 is 0 Å². The highest BCUT2D eigenvalue weighted by molar-refractivity contribution is 6.14. The molecule has 0 bridgehead atoms. The standard InChI is InChI=1S/C48H31N3/c1-4-12-32(13-5-1)38-23-27-42-44(29-38)49-48(50-47(42)34-16-8-3-9-17-34)35-20-24-40(25-21-35)51-45-31-39(33-14-6-2-7-15-33)22-26-41(45)43-28-36-18-10-11-19-37(36)30-46(43)51/h1-31H. The molecule has 3 heteroatoms. The molecule has 238 valence electrons. The molecule has 0 fully saturated rings. The third-order valence-electron chi connectivity index (χ3n) is 9.98. The van der Waals surface area contributed by atoms with E-state index in [1.807, 2.05) is 12.1 Å². The second kappa shape index (κ2) is 11.9. The van der Waals surface area contributed by atoms with Gasteiger partial charge in [0.1, 0.15) is 0 Å². The van der Waals surface area contributed by atoms with E-state index in [0.29, 0.717) is 5.82 Å². The predicted octanol–water partition coefficient (Wildman–Crippen LogP) is 12.5. The Kier molecular flexibility index (Phi) is 6.81. The lowest BCUT2D eigenvalue weighted by molar-refractivity contribution is 1.17. The van der Waals surface area contributed by atoms with E-state index in [4.69, 9.17) is 9.97 Å². The topological polar surface area (TPSA) is 30.7 Å². The van der Waals surface area contributed by atoms with Crippen LogP contribution in [0.4, 0.5) is 0 Å². The van der Waals surface area contributed by atoms with Crippen LogP contribution in [0.15, 0.2) is 188 Å². The highest BCUT2D eigenvalue weighted by Gasteiger charge is 2.17. The summed E-state index contributed by atoms with van der Waals surface area (Å²) in [5.41, 5.74) is 12.1. The van der Waals surface area contributed by atoms with Crippen molar-refractivity contribution in [3.05, 3.63) is 188 Å². The summed E-state index contributed by atoms with van der Waals surface area (Å²) < 4.78 is 2.40. The van der Waals surface area contributed by atoms with Gasteiger partial charge in [-0.3, -0.25) is 0 Å². The van der Waals surface area contributed by atoms with Crippen molar-refractivity contribution in [1.82, 2.24) is 14.5 Å². The van der Waals surface area contributed by atoms with Crippen LogP contribution >= 0.6 is 0 Å². The first-order valence-corrected chi connectivity index (χ1v) is 17.3. The van der Waals surface area contributed by atoms with E-state index in [9.17, 15) is 0 Å². The molecule has 0 radical (unpaired) electrons. The van der Waals surface area contributed by atoms with Gasteiger partial charge < -0.3 is 4.57 Å². The molecule has 10 aromatic rings. The van der Waals surface area contributed by atoms with Crippen molar-refractivity contribution in [3.8, 4) is 50.6 Å². The lowest BCUT2D eigenvalue weighted by Crippen LogP contribution is -1.97. The maximum Gasteiger partial charge on any atom is 0.160 e. The number of fused-ring (bicyclic) bond motifs is 5. The van der Waals surface area contributed by atoms with Crippen molar-refractivity contribution in [3.63, 3.8) is 0 Å². The summed E-state index contributed by atoms with van der Waals surface area (Å²) in [4.78, 5) is 10.4. The summed E-state index contributed by atoms with van der Waals surface area (Å²) >= 11 is 0. The highest BCUT2D eigenvalue weighted by atomic mass is 15.0. The lowest BCUT2D eigenvalue weighted by atomic mass is 10.0. The summed E-state index contributed by atoms with van der Waals surface area (Å²) in [6.45, 7) is 0. The molecule has 10 rings (SSSR count). The van der Waals surface area contributed by atoms with Crippen LogP contribution in [-0.4, -0.2) is 14.5 Å². The number of hydrogen-bond donors (Lipinski definition) is 0. The zero-order valence-electron chi connectivity index (χ0n) is 27.7. The molecule has 0 aliphatic carbocycles. The summed E-state index contributed by atoms with van der Waals surface area (Å²) in [5.74, 6) is 0.706. The van der Waals surface area contributed by atoms with Gasteiger partial charge in [-0.25, -0.2) is 9.97 Å². The van der Waals surface area contributed by atoms with Crippen LogP contribution in [0, 0.1) is 0 Å². The lowest BCUT2D eigenvalue weighted by Gasteiger charge is -2.13. The minimum atomic E-state index is 0.706. The monoisotopic (exact) mass is 649 g/mol. The molecular formula is C48H31N3. The van der Waals surface area contributed by atoms with Crippen LogP contribution in [0.5, 0.6) is 0 Å². The Morgan fingerprint density at radius 2 is 0.863 bits per heavy atom. The molecular weight excluding hydrogens is 619 g/mol. The summed E-state index contributed by atoms with van der Waals surface area (Å²) in [6.07, 6.45) is 0. The van der Waals surface area contributed by atoms with E-state index in [1.54, 1.807) is 0 Å². The highest BCUT2D eigenvalue weighted by Crippen LogP contribution is 2.38. The largest absolute Gasteiger partial charge is 0.309 e. The number of benzene rings is 8. The zero-order valence-corrected chi connectivity index (χ0v) is 27.7. The molecule has 0 saturated carbocycles. The third kappa shape index (κ3) is 5.06. The van der Waals surface area contributed by atoms with Crippen LogP contribution in [0.1, 0.15) is 0 Å². The molecule has 0 spiro atoms. The fourth-order valence-corrected chi connectivity index (χ4v) is 7.44. The minimum Gasteiger partial charge on any atom is -0.309 e.